The first-order valence-electron chi connectivity index (χ1n) is 11.1. The van der Waals surface area contributed by atoms with Crippen LogP contribution in [-0.2, 0) is 19.3 Å². The number of hydrogen-bond acceptors (Lipinski definition) is 6. The van der Waals surface area contributed by atoms with Gasteiger partial charge in [0, 0.05) is 49.9 Å². The number of carbonyl (C=O) groups is 2. The second-order valence-electron chi connectivity index (χ2n) is 8.91. The van der Waals surface area contributed by atoms with Crippen LogP contribution in [0.15, 0.2) is 53.8 Å². The highest BCUT2D eigenvalue weighted by Gasteiger charge is 2.57. The molecule has 34 heavy (non-hydrogen) atoms. The molecular weight excluding hydrogens is 434 g/mol. The summed E-state index contributed by atoms with van der Waals surface area (Å²) in [6, 6.07) is 5.75. The quantitative estimate of drug-likeness (QED) is 0.468. The lowest BCUT2D eigenvalue weighted by atomic mass is 9.98. The van der Waals surface area contributed by atoms with Crippen molar-refractivity contribution < 1.29 is 14.1 Å². The Morgan fingerprint density at radius 3 is 2.65 bits per heavy atom. The molecule has 1 atom stereocenters. The normalized spacial score (nSPS) is 19.4. The number of aromatic nitrogens is 5. The van der Waals surface area contributed by atoms with E-state index in [-0.39, 0.29) is 11.8 Å². The Balaban J connectivity index is 1.51. The van der Waals surface area contributed by atoms with Crippen LogP contribution >= 0.6 is 0 Å². The molecule has 2 aliphatic heterocycles. The first-order chi connectivity index (χ1) is 16.4. The van der Waals surface area contributed by atoms with Crippen molar-refractivity contribution in [1.29, 1.82) is 0 Å². The molecule has 0 radical (unpaired) electrons. The van der Waals surface area contributed by atoms with E-state index < -0.39 is 5.66 Å². The molecule has 2 aliphatic rings. The van der Waals surface area contributed by atoms with E-state index in [9.17, 15) is 9.59 Å². The summed E-state index contributed by atoms with van der Waals surface area (Å²) in [6.07, 6.45) is 8.76. The lowest BCUT2D eigenvalue weighted by molar-refractivity contribution is -0.00828. The molecule has 1 unspecified atom stereocenters. The van der Waals surface area contributed by atoms with E-state index >= 15 is 0 Å². The molecule has 0 N–H and O–H groups in total. The van der Waals surface area contributed by atoms with Crippen molar-refractivity contribution >= 4 is 11.8 Å². The molecule has 10 heteroatoms. The fourth-order valence-electron chi connectivity index (χ4n) is 5.06. The molecule has 1 saturated heterocycles. The Kier molecular flexibility index (Phi) is 4.29. The predicted octanol–water partition coefficient (Wildman–Crippen LogP) is 2.35. The Morgan fingerprint density at radius 1 is 1.12 bits per heavy atom. The number of nitrogens with zero attached hydrogens (tertiary/aromatic N) is 7. The van der Waals surface area contributed by atoms with Gasteiger partial charge in [-0.15, -0.1) is 0 Å². The van der Waals surface area contributed by atoms with Crippen LogP contribution in [-0.4, -0.2) is 59.2 Å². The third-order valence-corrected chi connectivity index (χ3v) is 6.78. The zero-order chi connectivity index (χ0) is 23.6. The number of amides is 2. The maximum Gasteiger partial charge on any atom is 0.272 e. The minimum absolute atomic E-state index is 0.138. The second-order valence-corrected chi connectivity index (χ2v) is 8.91. The summed E-state index contributed by atoms with van der Waals surface area (Å²) in [5.41, 5.74) is 3.88. The largest absolute Gasteiger partial charge is 0.364 e. The number of rotatable bonds is 3. The molecule has 4 aromatic heterocycles. The van der Waals surface area contributed by atoms with Gasteiger partial charge in [-0.1, -0.05) is 11.2 Å². The van der Waals surface area contributed by atoms with Crippen molar-refractivity contribution in [2.75, 3.05) is 13.1 Å². The second kappa shape index (κ2) is 7.14. The van der Waals surface area contributed by atoms with E-state index in [0.29, 0.717) is 42.3 Å². The van der Waals surface area contributed by atoms with Crippen molar-refractivity contribution in [3.8, 4) is 11.1 Å². The molecule has 4 aromatic rings. The summed E-state index contributed by atoms with van der Waals surface area (Å²) in [6.45, 7) is 4.83. The summed E-state index contributed by atoms with van der Waals surface area (Å²) in [7, 11) is 1.86. The van der Waals surface area contributed by atoms with E-state index in [1.807, 2.05) is 49.1 Å². The molecule has 0 bridgehead atoms. The van der Waals surface area contributed by atoms with Crippen LogP contribution < -0.4 is 0 Å². The van der Waals surface area contributed by atoms with E-state index in [0.717, 1.165) is 16.7 Å². The van der Waals surface area contributed by atoms with Gasteiger partial charge in [-0.2, -0.15) is 5.10 Å². The van der Waals surface area contributed by atoms with Crippen LogP contribution in [0.3, 0.4) is 0 Å². The van der Waals surface area contributed by atoms with Crippen LogP contribution in [0.5, 0.6) is 0 Å². The highest BCUT2D eigenvalue weighted by Crippen LogP contribution is 2.43. The van der Waals surface area contributed by atoms with Crippen LogP contribution in [0.1, 0.15) is 37.8 Å². The Bertz CT molecular complexity index is 1430. The molecule has 0 aliphatic carbocycles. The van der Waals surface area contributed by atoms with Crippen molar-refractivity contribution in [3.05, 3.63) is 77.5 Å². The highest BCUT2D eigenvalue weighted by atomic mass is 16.5. The number of hydrogen-bond donors (Lipinski definition) is 0. The van der Waals surface area contributed by atoms with E-state index in [1.165, 1.54) is 6.26 Å². The smallest absolute Gasteiger partial charge is 0.272 e. The minimum Gasteiger partial charge on any atom is -0.364 e. The number of pyridine rings is 1. The molecule has 0 spiro atoms. The molecule has 0 aromatic carbocycles. The zero-order valence-electron chi connectivity index (χ0n) is 19.1. The molecule has 6 rings (SSSR count). The molecule has 1 fully saturated rings. The average Bonchev–Trinajstić information content (AvgIpc) is 3.59. The third-order valence-electron chi connectivity index (χ3n) is 6.78. The number of fused-ring (bicyclic) bond motifs is 2. The van der Waals surface area contributed by atoms with Gasteiger partial charge < -0.3 is 18.9 Å². The van der Waals surface area contributed by atoms with Gasteiger partial charge in [0.05, 0.1) is 24.1 Å². The van der Waals surface area contributed by atoms with E-state index in [1.54, 1.807) is 33.8 Å². The lowest BCUT2D eigenvalue weighted by Gasteiger charge is -2.46. The Morgan fingerprint density at radius 2 is 1.97 bits per heavy atom. The van der Waals surface area contributed by atoms with Crippen molar-refractivity contribution in [3.63, 3.8) is 0 Å². The summed E-state index contributed by atoms with van der Waals surface area (Å²) in [5, 5.41) is 8.13. The van der Waals surface area contributed by atoms with Gasteiger partial charge in [-0.25, -0.2) is 0 Å². The zero-order valence-corrected chi connectivity index (χ0v) is 19.1. The summed E-state index contributed by atoms with van der Waals surface area (Å²) < 4.78 is 8.69. The van der Waals surface area contributed by atoms with E-state index in [4.69, 9.17) is 9.51 Å². The first kappa shape index (κ1) is 20.4. The molecule has 6 heterocycles. The maximum atomic E-state index is 13.8. The number of aryl methyl sites for hydroxylation is 3. The maximum absolute atomic E-state index is 13.8. The molecule has 0 saturated carbocycles. The van der Waals surface area contributed by atoms with Gasteiger partial charge in [0.15, 0.2) is 5.66 Å². The van der Waals surface area contributed by atoms with Crippen LogP contribution in [0, 0.1) is 13.8 Å². The lowest BCUT2D eigenvalue weighted by Crippen LogP contribution is -2.60. The van der Waals surface area contributed by atoms with Crippen molar-refractivity contribution in [1.82, 2.24) is 34.3 Å². The van der Waals surface area contributed by atoms with Crippen LogP contribution in [0.25, 0.3) is 11.1 Å². The van der Waals surface area contributed by atoms with Gasteiger partial charge in [0.2, 0.25) is 0 Å². The molecule has 10 nitrogen and oxygen atoms in total. The van der Waals surface area contributed by atoms with Crippen LogP contribution in [0.2, 0.25) is 0 Å². The molecule has 172 valence electrons. The molecule has 2 amide bonds. The van der Waals surface area contributed by atoms with Crippen LogP contribution in [0.4, 0.5) is 0 Å². The van der Waals surface area contributed by atoms with Crippen molar-refractivity contribution in [2.24, 2.45) is 7.05 Å². The van der Waals surface area contributed by atoms with Gasteiger partial charge in [-0.3, -0.25) is 19.3 Å². The monoisotopic (exact) mass is 457 g/mol. The average molecular weight is 457 g/mol. The predicted molar refractivity (Wildman–Crippen MR) is 121 cm³/mol. The minimum atomic E-state index is -1.07. The molecular formula is C24H23N7O3. The first-order valence-corrected chi connectivity index (χ1v) is 11.1. The van der Waals surface area contributed by atoms with Gasteiger partial charge in [0.25, 0.3) is 11.8 Å². The fourth-order valence-corrected chi connectivity index (χ4v) is 5.06. The SMILES string of the molecule is Cc1ccc(C23Cn4cc(-c5cnn(C)c5)cc4C(=O)N2CCN3C(=O)c2conc2C)nc1. The third kappa shape index (κ3) is 2.77. The fraction of sp³-hybridized carbons (Fsp3) is 0.292. The highest BCUT2D eigenvalue weighted by molar-refractivity contribution is 5.99. The van der Waals surface area contributed by atoms with Gasteiger partial charge in [-0.05, 0) is 31.5 Å². The standard InChI is InChI=1S/C24H23N7O3/c1-15-4-5-21(25-9-15)24-14-29-12-17(18-10-26-28(3)11-18)8-20(29)23(33)31(24)7-6-30(24)22(32)19-13-34-27-16(19)2/h4-5,8-13H,6-7,14H2,1-3H3. The summed E-state index contributed by atoms with van der Waals surface area (Å²) >= 11 is 0. The topological polar surface area (TPSA) is 102 Å². The number of carbonyl (C=O) groups excluding carboxylic acids is 2. The van der Waals surface area contributed by atoms with Gasteiger partial charge in [0.1, 0.15) is 17.5 Å². The van der Waals surface area contributed by atoms with Crippen molar-refractivity contribution in [2.45, 2.75) is 26.1 Å². The Labute approximate surface area is 195 Å². The summed E-state index contributed by atoms with van der Waals surface area (Å²) in [5.74, 6) is -0.374. The van der Waals surface area contributed by atoms with Gasteiger partial charge >= 0.3 is 0 Å². The van der Waals surface area contributed by atoms with E-state index in [2.05, 4.69) is 10.3 Å². The summed E-state index contributed by atoms with van der Waals surface area (Å²) in [4.78, 5) is 35.7. The Hall–Kier alpha value is -4.21.